The number of nitrogens with zero attached hydrogens (tertiary/aromatic N) is 1. The molecule has 0 aliphatic carbocycles. The number of rotatable bonds is 8. The van der Waals surface area contributed by atoms with Gasteiger partial charge in [0.05, 0.1) is 5.92 Å². The fourth-order valence-corrected chi connectivity index (χ4v) is 4.14. The summed E-state index contributed by atoms with van der Waals surface area (Å²) in [4.78, 5) is 24.1. The second kappa shape index (κ2) is 10.0. The van der Waals surface area contributed by atoms with Crippen molar-refractivity contribution in [3.8, 4) is 0 Å². The van der Waals surface area contributed by atoms with Crippen LogP contribution in [0.4, 0.5) is 0 Å². The topological polar surface area (TPSA) is 92.8 Å². The summed E-state index contributed by atoms with van der Waals surface area (Å²) in [5, 5.41) is 4.00. The Morgan fingerprint density at radius 3 is 2.41 bits per heavy atom. The van der Waals surface area contributed by atoms with Crippen LogP contribution in [0, 0.1) is 5.92 Å². The highest BCUT2D eigenvalue weighted by molar-refractivity contribution is 7.92. The number of piperidine rings is 1. The van der Waals surface area contributed by atoms with Crippen molar-refractivity contribution in [2.45, 2.75) is 45.6 Å². The van der Waals surface area contributed by atoms with Crippen LogP contribution < -0.4 is 5.32 Å². The van der Waals surface area contributed by atoms with Crippen molar-refractivity contribution in [2.75, 3.05) is 19.7 Å². The Labute approximate surface area is 173 Å². The maximum atomic E-state index is 12.5. The summed E-state index contributed by atoms with van der Waals surface area (Å²) in [6.45, 7) is 5.93. The molecule has 1 aliphatic rings. The summed E-state index contributed by atoms with van der Waals surface area (Å²) in [7, 11) is -3.54. The second-order valence-corrected chi connectivity index (χ2v) is 9.64. The smallest absolute Gasteiger partial charge is 0.309 e. The largest absolute Gasteiger partial charge is 0.455 e. The second-order valence-electron chi connectivity index (χ2n) is 7.83. The first-order chi connectivity index (χ1) is 13.6. The Kier molecular flexibility index (Phi) is 7.98. The molecule has 29 heavy (non-hydrogen) atoms. The molecule has 1 amide bonds. The van der Waals surface area contributed by atoms with Gasteiger partial charge >= 0.3 is 5.97 Å². The van der Waals surface area contributed by atoms with Gasteiger partial charge in [0.25, 0.3) is 5.91 Å². The van der Waals surface area contributed by atoms with Gasteiger partial charge < -0.3 is 10.1 Å². The minimum atomic E-state index is -3.54. The number of esters is 1. The first-order valence-corrected chi connectivity index (χ1v) is 11.3. The monoisotopic (exact) mass is 422 g/mol. The summed E-state index contributed by atoms with van der Waals surface area (Å²) in [5.41, 5.74) is 0.454. The number of ether oxygens (including phenoxy) is 1. The first-order valence-electron chi connectivity index (χ1n) is 9.84. The molecule has 1 fully saturated rings. The lowest BCUT2D eigenvalue weighted by Gasteiger charge is -2.29. The first kappa shape index (κ1) is 23.1. The van der Waals surface area contributed by atoms with Gasteiger partial charge in [-0.3, -0.25) is 9.59 Å². The van der Waals surface area contributed by atoms with Gasteiger partial charge in [-0.1, -0.05) is 37.3 Å². The molecule has 1 aliphatic heterocycles. The summed E-state index contributed by atoms with van der Waals surface area (Å²) in [6.07, 6.45) is 3.07. The molecule has 1 saturated heterocycles. The average Bonchev–Trinajstić information content (AvgIpc) is 2.71. The highest BCUT2D eigenvalue weighted by Gasteiger charge is 2.31. The highest BCUT2D eigenvalue weighted by atomic mass is 32.2. The molecule has 0 spiro atoms. The van der Waals surface area contributed by atoms with E-state index in [1.54, 1.807) is 6.08 Å². The number of carbonyl (C=O) groups excluding carboxylic acids is 2. The van der Waals surface area contributed by atoms with Crippen molar-refractivity contribution in [2.24, 2.45) is 5.92 Å². The minimum Gasteiger partial charge on any atom is -0.455 e. The van der Waals surface area contributed by atoms with Crippen LogP contribution >= 0.6 is 0 Å². The summed E-state index contributed by atoms with van der Waals surface area (Å²) < 4.78 is 31.5. The number of hydrogen-bond donors (Lipinski definition) is 1. The Morgan fingerprint density at radius 1 is 1.21 bits per heavy atom. The number of sulfonamides is 1. The molecule has 7 nitrogen and oxygen atoms in total. The van der Waals surface area contributed by atoms with Crippen LogP contribution in [0.5, 0.6) is 0 Å². The van der Waals surface area contributed by atoms with Gasteiger partial charge in [0.15, 0.2) is 6.61 Å². The summed E-state index contributed by atoms with van der Waals surface area (Å²) in [5.74, 6) is -1.19. The van der Waals surface area contributed by atoms with Crippen molar-refractivity contribution in [1.82, 2.24) is 9.62 Å². The van der Waals surface area contributed by atoms with E-state index in [1.165, 1.54) is 9.71 Å². The molecule has 2 rings (SSSR count). The van der Waals surface area contributed by atoms with Crippen LogP contribution in [-0.2, 0) is 24.3 Å². The van der Waals surface area contributed by atoms with Gasteiger partial charge in [-0.15, -0.1) is 0 Å². The predicted octanol–water partition coefficient (Wildman–Crippen LogP) is 2.55. The van der Waals surface area contributed by atoms with E-state index in [0.717, 1.165) is 12.0 Å². The van der Waals surface area contributed by atoms with Crippen LogP contribution in [0.2, 0.25) is 0 Å². The van der Waals surface area contributed by atoms with Crippen LogP contribution in [0.25, 0.3) is 6.08 Å². The van der Waals surface area contributed by atoms with Crippen molar-refractivity contribution in [3.05, 3.63) is 41.3 Å². The van der Waals surface area contributed by atoms with Gasteiger partial charge in [0.2, 0.25) is 10.0 Å². The van der Waals surface area contributed by atoms with E-state index in [0.29, 0.717) is 12.8 Å². The van der Waals surface area contributed by atoms with Crippen molar-refractivity contribution in [3.63, 3.8) is 0 Å². The number of benzene rings is 1. The number of carbonyl (C=O) groups is 2. The van der Waals surface area contributed by atoms with Gasteiger partial charge in [-0.2, -0.15) is 4.31 Å². The zero-order valence-corrected chi connectivity index (χ0v) is 18.1. The molecule has 1 aromatic carbocycles. The van der Waals surface area contributed by atoms with E-state index in [4.69, 9.17) is 4.74 Å². The Hall–Kier alpha value is -2.19. The summed E-state index contributed by atoms with van der Waals surface area (Å²) in [6, 6.07) is 9.20. The number of hydrogen-bond acceptors (Lipinski definition) is 5. The van der Waals surface area contributed by atoms with Crippen LogP contribution in [0.15, 0.2) is 35.7 Å². The lowest BCUT2D eigenvalue weighted by molar-refractivity contribution is -0.154. The fourth-order valence-electron chi connectivity index (χ4n) is 2.92. The molecule has 0 atom stereocenters. The summed E-state index contributed by atoms with van der Waals surface area (Å²) >= 11 is 0. The molecule has 1 aromatic rings. The molecule has 0 aromatic heterocycles. The molecular formula is C21H30N2O5S. The Bertz CT molecular complexity index is 826. The lowest BCUT2D eigenvalue weighted by atomic mass is 9.98. The molecule has 0 unspecified atom stereocenters. The van der Waals surface area contributed by atoms with Crippen molar-refractivity contribution < 1.29 is 22.7 Å². The molecule has 1 heterocycles. The highest BCUT2D eigenvalue weighted by Crippen LogP contribution is 2.22. The van der Waals surface area contributed by atoms with Gasteiger partial charge in [0.1, 0.15) is 0 Å². The maximum Gasteiger partial charge on any atom is 0.309 e. The fraction of sp³-hybridized carbons (Fsp3) is 0.524. The van der Waals surface area contributed by atoms with E-state index in [-0.39, 0.29) is 31.1 Å². The van der Waals surface area contributed by atoms with Crippen LogP contribution in [0.3, 0.4) is 0 Å². The molecular weight excluding hydrogens is 392 g/mol. The normalized spacial score (nSPS) is 16.7. The van der Waals surface area contributed by atoms with Gasteiger partial charge in [0, 0.05) is 24.0 Å². The van der Waals surface area contributed by atoms with E-state index in [2.05, 4.69) is 5.32 Å². The third-order valence-electron chi connectivity index (χ3n) is 5.09. The van der Waals surface area contributed by atoms with Crippen LogP contribution in [-0.4, -0.2) is 49.8 Å². The number of nitrogens with one attached hydrogen (secondary N) is 1. The molecule has 0 radical (unpaired) electrons. The van der Waals surface area contributed by atoms with Gasteiger partial charge in [-0.25, -0.2) is 8.42 Å². The van der Waals surface area contributed by atoms with E-state index in [1.807, 2.05) is 51.1 Å². The number of amides is 1. The molecule has 0 bridgehead atoms. The lowest BCUT2D eigenvalue weighted by Crippen LogP contribution is -2.45. The molecule has 0 saturated carbocycles. The zero-order valence-electron chi connectivity index (χ0n) is 17.3. The maximum absolute atomic E-state index is 12.5. The SMILES string of the molecule is CCC(C)(C)NC(=O)COC(=O)C1CCN(S(=O)(=O)/C=C/c2ccccc2)CC1. The van der Waals surface area contributed by atoms with E-state index in [9.17, 15) is 18.0 Å². The van der Waals surface area contributed by atoms with Crippen molar-refractivity contribution >= 4 is 28.0 Å². The molecule has 160 valence electrons. The van der Waals surface area contributed by atoms with Gasteiger partial charge in [-0.05, 0) is 44.7 Å². The Morgan fingerprint density at radius 2 is 1.83 bits per heavy atom. The van der Waals surface area contributed by atoms with Crippen LogP contribution in [0.1, 0.15) is 45.6 Å². The third-order valence-corrected chi connectivity index (χ3v) is 6.65. The predicted molar refractivity (Wildman–Crippen MR) is 112 cm³/mol. The molecule has 8 heteroatoms. The zero-order chi connectivity index (χ0) is 21.5. The third kappa shape index (κ3) is 7.29. The van der Waals surface area contributed by atoms with Crippen molar-refractivity contribution in [1.29, 1.82) is 0 Å². The quantitative estimate of drug-likeness (QED) is 0.650. The van der Waals surface area contributed by atoms with E-state index >= 15 is 0 Å². The van der Waals surface area contributed by atoms with E-state index < -0.39 is 21.9 Å². The minimum absolute atomic E-state index is 0.246. The standard InChI is InChI=1S/C21H30N2O5S/c1-4-21(2,3)22-19(24)16-28-20(25)18-10-13-23(14-11-18)29(26,27)15-12-17-8-6-5-7-9-17/h5-9,12,15,18H,4,10-11,13-14,16H2,1-3H3,(H,22,24)/b15-12+. The average molecular weight is 423 g/mol. The molecule has 1 N–H and O–H groups in total. The Balaban J connectivity index is 1.81.